The molecule has 1 N–H and O–H groups in total. The third-order valence-electron chi connectivity index (χ3n) is 2.71. The van der Waals surface area contributed by atoms with E-state index in [9.17, 15) is 9.59 Å². The molecule has 1 aromatic carbocycles. The normalized spacial score (nSPS) is 15.7. The summed E-state index contributed by atoms with van der Waals surface area (Å²) in [5.74, 6) is -0.330. The first-order valence-corrected chi connectivity index (χ1v) is 6.50. The highest BCUT2D eigenvalue weighted by molar-refractivity contribution is 6.42. The standard InChI is InChI=1S/C13H12Cl2N2O2/c14-10-3-1-9(7-11(10)15)2-4-13(19)17-6-5-16-12(18)8-17/h1-4,7H,5-6,8H2,(H,16,18). The van der Waals surface area contributed by atoms with Crippen molar-refractivity contribution in [2.24, 2.45) is 0 Å². The minimum absolute atomic E-state index is 0.102. The Labute approximate surface area is 121 Å². The Morgan fingerprint density at radius 3 is 2.79 bits per heavy atom. The number of halogens is 2. The number of hydrogen-bond acceptors (Lipinski definition) is 2. The van der Waals surface area contributed by atoms with Crippen LogP contribution >= 0.6 is 23.2 Å². The molecule has 19 heavy (non-hydrogen) atoms. The van der Waals surface area contributed by atoms with Crippen molar-refractivity contribution in [2.75, 3.05) is 19.6 Å². The zero-order chi connectivity index (χ0) is 13.8. The molecule has 0 atom stereocenters. The van der Waals surface area contributed by atoms with E-state index in [4.69, 9.17) is 23.2 Å². The Kier molecular flexibility index (Phi) is 4.45. The second kappa shape index (κ2) is 6.08. The van der Waals surface area contributed by atoms with Gasteiger partial charge in [0.1, 0.15) is 0 Å². The fraction of sp³-hybridized carbons (Fsp3) is 0.231. The van der Waals surface area contributed by atoms with Crippen molar-refractivity contribution < 1.29 is 9.59 Å². The summed E-state index contributed by atoms with van der Waals surface area (Å²) < 4.78 is 0. The van der Waals surface area contributed by atoms with Gasteiger partial charge in [-0.1, -0.05) is 29.3 Å². The van der Waals surface area contributed by atoms with E-state index < -0.39 is 0 Å². The van der Waals surface area contributed by atoms with Crippen LogP contribution in [0.4, 0.5) is 0 Å². The first-order chi connectivity index (χ1) is 9.06. The predicted octanol–water partition coefficient (Wildman–Crippen LogP) is 1.96. The molecule has 1 aliphatic rings. The quantitative estimate of drug-likeness (QED) is 0.849. The lowest BCUT2D eigenvalue weighted by molar-refractivity contribution is -0.134. The third kappa shape index (κ3) is 3.72. The molecule has 2 amide bonds. The van der Waals surface area contributed by atoms with Gasteiger partial charge in [-0.25, -0.2) is 0 Å². The van der Waals surface area contributed by atoms with Crippen molar-refractivity contribution in [3.05, 3.63) is 39.9 Å². The van der Waals surface area contributed by atoms with Crippen molar-refractivity contribution in [3.8, 4) is 0 Å². The van der Waals surface area contributed by atoms with Gasteiger partial charge in [0, 0.05) is 19.2 Å². The number of carbonyl (C=O) groups excluding carboxylic acids is 2. The first-order valence-electron chi connectivity index (χ1n) is 5.75. The molecule has 0 unspecified atom stereocenters. The Morgan fingerprint density at radius 1 is 1.32 bits per heavy atom. The van der Waals surface area contributed by atoms with Crippen LogP contribution in [0.15, 0.2) is 24.3 Å². The molecule has 6 heteroatoms. The van der Waals surface area contributed by atoms with Crippen LogP contribution in [-0.2, 0) is 9.59 Å². The number of amides is 2. The molecule has 0 radical (unpaired) electrons. The zero-order valence-corrected chi connectivity index (χ0v) is 11.5. The smallest absolute Gasteiger partial charge is 0.247 e. The Bertz CT molecular complexity index is 543. The average Bonchev–Trinajstić information content (AvgIpc) is 2.40. The van der Waals surface area contributed by atoms with Crippen LogP contribution in [-0.4, -0.2) is 36.3 Å². The highest BCUT2D eigenvalue weighted by Crippen LogP contribution is 2.23. The maximum atomic E-state index is 11.9. The van der Waals surface area contributed by atoms with Gasteiger partial charge < -0.3 is 10.2 Å². The van der Waals surface area contributed by atoms with Gasteiger partial charge >= 0.3 is 0 Å². The third-order valence-corrected chi connectivity index (χ3v) is 3.45. The highest BCUT2D eigenvalue weighted by atomic mass is 35.5. The van der Waals surface area contributed by atoms with Gasteiger partial charge in [0.2, 0.25) is 11.8 Å². The molecule has 0 spiro atoms. The molecule has 1 fully saturated rings. The molecule has 2 rings (SSSR count). The van der Waals surface area contributed by atoms with Gasteiger partial charge in [0.25, 0.3) is 0 Å². The molecule has 1 heterocycles. The summed E-state index contributed by atoms with van der Waals surface area (Å²) in [5, 5.41) is 3.57. The van der Waals surface area contributed by atoms with Crippen LogP contribution < -0.4 is 5.32 Å². The highest BCUT2D eigenvalue weighted by Gasteiger charge is 2.18. The monoisotopic (exact) mass is 298 g/mol. The summed E-state index contributed by atoms with van der Waals surface area (Å²) in [6.07, 6.45) is 3.08. The Balaban J connectivity index is 2.03. The SMILES string of the molecule is O=C1CN(C(=O)C=Cc2ccc(Cl)c(Cl)c2)CCN1. The topological polar surface area (TPSA) is 49.4 Å². The minimum Gasteiger partial charge on any atom is -0.353 e. The Hall–Kier alpha value is -1.52. The number of carbonyl (C=O) groups is 2. The van der Waals surface area contributed by atoms with Crippen LogP contribution in [0.5, 0.6) is 0 Å². The van der Waals surface area contributed by atoms with Crippen LogP contribution in [0.2, 0.25) is 10.0 Å². The molecular weight excluding hydrogens is 287 g/mol. The van der Waals surface area contributed by atoms with Gasteiger partial charge in [-0.15, -0.1) is 0 Å². The van der Waals surface area contributed by atoms with Gasteiger partial charge in [-0.3, -0.25) is 9.59 Å². The molecule has 1 saturated heterocycles. The van der Waals surface area contributed by atoms with E-state index in [0.29, 0.717) is 23.1 Å². The average molecular weight is 299 g/mol. The lowest BCUT2D eigenvalue weighted by Gasteiger charge is -2.25. The first kappa shape index (κ1) is 13.9. The molecule has 4 nitrogen and oxygen atoms in total. The number of piperazine rings is 1. The molecule has 100 valence electrons. The van der Waals surface area contributed by atoms with Crippen molar-refractivity contribution >= 4 is 41.1 Å². The maximum Gasteiger partial charge on any atom is 0.247 e. The van der Waals surface area contributed by atoms with Gasteiger partial charge in [0.05, 0.1) is 16.6 Å². The van der Waals surface area contributed by atoms with Crippen molar-refractivity contribution in [2.45, 2.75) is 0 Å². The lowest BCUT2D eigenvalue weighted by atomic mass is 10.2. The number of nitrogens with one attached hydrogen (secondary N) is 1. The molecule has 0 aliphatic carbocycles. The molecular formula is C13H12Cl2N2O2. The van der Waals surface area contributed by atoms with E-state index >= 15 is 0 Å². The molecule has 1 aromatic rings. The number of rotatable bonds is 2. The van der Waals surface area contributed by atoms with E-state index in [-0.39, 0.29) is 18.4 Å². The number of nitrogens with zero attached hydrogens (tertiary/aromatic N) is 1. The maximum absolute atomic E-state index is 11.9. The fourth-order valence-corrected chi connectivity index (χ4v) is 2.02. The van der Waals surface area contributed by atoms with Gasteiger partial charge in [-0.2, -0.15) is 0 Å². The van der Waals surface area contributed by atoms with Crippen molar-refractivity contribution in [1.29, 1.82) is 0 Å². The van der Waals surface area contributed by atoms with Crippen LogP contribution in [0.3, 0.4) is 0 Å². The summed E-state index contributed by atoms with van der Waals surface area (Å²) in [4.78, 5) is 24.5. The summed E-state index contributed by atoms with van der Waals surface area (Å²) in [6, 6.07) is 5.11. The zero-order valence-electron chi connectivity index (χ0n) is 10.0. The summed E-state index contributed by atoms with van der Waals surface area (Å²) in [6.45, 7) is 1.12. The van der Waals surface area contributed by atoms with Crippen LogP contribution in [0.1, 0.15) is 5.56 Å². The summed E-state index contributed by atoms with van der Waals surface area (Å²) in [7, 11) is 0. The lowest BCUT2D eigenvalue weighted by Crippen LogP contribution is -2.49. The van der Waals surface area contributed by atoms with E-state index in [2.05, 4.69) is 5.32 Å². The second-order valence-electron chi connectivity index (χ2n) is 4.12. The minimum atomic E-state index is -0.194. The predicted molar refractivity (Wildman–Crippen MR) is 75.1 cm³/mol. The molecule has 0 bridgehead atoms. The fourth-order valence-electron chi connectivity index (χ4n) is 1.72. The summed E-state index contributed by atoms with van der Waals surface area (Å²) in [5.41, 5.74) is 0.782. The van der Waals surface area contributed by atoms with E-state index in [1.807, 2.05) is 0 Å². The van der Waals surface area contributed by atoms with E-state index in [1.165, 1.54) is 11.0 Å². The summed E-state index contributed by atoms with van der Waals surface area (Å²) >= 11 is 11.7. The molecule has 1 aliphatic heterocycles. The number of hydrogen-bond donors (Lipinski definition) is 1. The Morgan fingerprint density at radius 2 is 2.11 bits per heavy atom. The van der Waals surface area contributed by atoms with Crippen LogP contribution in [0, 0.1) is 0 Å². The van der Waals surface area contributed by atoms with Gasteiger partial charge in [0.15, 0.2) is 0 Å². The van der Waals surface area contributed by atoms with Crippen LogP contribution in [0.25, 0.3) is 6.08 Å². The number of benzene rings is 1. The second-order valence-corrected chi connectivity index (χ2v) is 4.93. The van der Waals surface area contributed by atoms with Gasteiger partial charge in [-0.05, 0) is 23.8 Å². The van der Waals surface area contributed by atoms with Crippen molar-refractivity contribution in [3.63, 3.8) is 0 Å². The van der Waals surface area contributed by atoms with E-state index in [1.54, 1.807) is 24.3 Å². The molecule has 0 saturated carbocycles. The van der Waals surface area contributed by atoms with Crippen molar-refractivity contribution in [1.82, 2.24) is 10.2 Å². The van der Waals surface area contributed by atoms with E-state index in [0.717, 1.165) is 5.56 Å². The largest absolute Gasteiger partial charge is 0.353 e. The molecule has 0 aromatic heterocycles.